The maximum atomic E-state index is 10.9. The third-order valence-electron chi connectivity index (χ3n) is 3.30. The summed E-state index contributed by atoms with van der Waals surface area (Å²) in [4.78, 5) is 17.8. The summed E-state index contributed by atoms with van der Waals surface area (Å²) in [6.07, 6.45) is 11.8. The van der Waals surface area contributed by atoms with E-state index in [0.29, 0.717) is 6.42 Å². The smallest absolute Gasteiger partial charge is 0.324 e. The molecule has 0 radical (unpaired) electrons. The highest BCUT2D eigenvalue weighted by Crippen LogP contribution is 2.43. The van der Waals surface area contributed by atoms with Crippen LogP contribution in [0.25, 0.3) is 0 Å². The van der Waals surface area contributed by atoms with Gasteiger partial charge >= 0.3 is 7.60 Å². The van der Waals surface area contributed by atoms with Crippen molar-refractivity contribution >= 4 is 7.60 Å². The van der Waals surface area contributed by atoms with Crippen molar-refractivity contribution in [3.63, 3.8) is 0 Å². The molecule has 0 aliphatic rings. The highest BCUT2D eigenvalue weighted by molar-refractivity contribution is 7.52. The summed E-state index contributed by atoms with van der Waals surface area (Å²) in [6.45, 7) is 3.87. The van der Waals surface area contributed by atoms with Crippen LogP contribution >= 0.6 is 7.60 Å². The molecule has 0 saturated carbocycles. The standard InChI is InChI=1S/C13H29O3P/c1-3-4-5-6-7-8-9-10-11-12-13(2)17(14,15)16/h13H,3-12H2,1-2H3,(H2,14,15,16). The summed E-state index contributed by atoms with van der Waals surface area (Å²) in [7, 11) is -3.83. The van der Waals surface area contributed by atoms with Crippen molar-refractivity contribution in [3.05, 3.63) is 0 Å². The predicted molar refractivity (Wildman–Crippen MR) is 73.4 cm³/mol. The van der Waals surface area contributed by atoms with Crippen LogP contribution in [-0.4, -0.2) is 15.4 Å². The molecule has 0 spiro atoms. The molecule has 1 unspecified atom stereocenters. The summed E-state index contributed by atoms with van der Waals surface area (Å²) >= 11 is 0. The SMILES string of the molecule is CCCCCCCCCCCC(C)P(=O)(O)O. The Morgan fingerprint density at radius 3 is 1.71 bits per heavy atom. The Balaban J connectivity index is 3.21. The minimum absolute atomic E-state index is 0.466. The predicted octanol–water partition coefficient (Wildman–Crippen LogP) is 4.47. The van der Waals surface area contributed by atoms with Crippen molar-refractivity contribution in [2.24, 2.45) is 0 Å². The Morgan fingerprint density at radius 1 is 0.882 bits per heavy atom. The molecule has 0 bridgehead atoms. The fourth-order valence-corrected chi connectivity index (χ4v) is 2.44. The van der Waals surface area contributed by atoms with Gasteiger partial charge in [-0.3, -0.25) is 4.57 Å². The van der Waals surface area contributed by atoms with Crippen molar-refractivity contribution in [1.82, 2.24) is 0 Å². The van der Waals surface area contributed by atoms with Crippen LogP contribution in [0.4, 0.5) is 0 Å². The maximum absolute atomic E-state index is 10.9. The summed E-state index contributed by atoms with van der Waals surface area (Å²) in [6, 6.07) is 0. The van der Waals surface area contributed by atoms with E-state index in [2.05, 4.69) is 6.92 Å². The summed E-state index contributed by atoms with van der Waals surface area (Å²) in [5.41, 5.74) is -0.466. The van der Waals surface area contributed by atoms with Gasteiger partial charge in [0, 0.05) is 0 Å². The fourth-order valence-electron chi connectivity index (χ4n) is 1.92. The molecule has 0 heterocycles. The van der Waals surface area contributed by atoms with E-state index < -0.39 is 13.3 Å². The van der Waals surface area contributed by atoms with E-state index in [4.69, 9.17) is 9.79 Å². The van der Waals surface area contributed by atoms with Crippen molar-refractivity contribution in [3.8, 4) is 0 Å². The third-order valence-corrected chi connectivity index (χ3v) is 4.71. The zero-order chi connectivity index (χ0) is 13.1. The largest absolute Gasteiger partial charge is 0.328 e. The quantitative estimate of drug-likeness (QED) is 0.427. The number of hydrogen-bond acceptors (Lipinski definition) is 1. The molecule has 0 aromatic carbocycles. The molecule has 1 atom stereocenters. The summed E-state index contributed by atoms with van der Waals surface area (Å²) < 4.78 is 10.9. The van der Waals surface area contributed by atoms with E-state index in [1.807, 2.05) is 0 Å². The van der Waals surface area contributed by atoms with E-state index in [9.17, 15) is 4.57 Å². The van der Waals surface area contributed by atoms with Crippen LogP contribution in [0.1, 0.15) is 78.1 Å². The zero-order valence-corrected chi connectivity index (χ0v) is 12.3. The first kappa shape index (κ1) is 17.2. The molecule has 0 aromatic rings. The van der Waals surface area contributed by atoms with Crippen molar-refractivity contribution < 1.29 is 14.4 Å². The van der Waals surface area contributed by atoms with Gasteiger partial charge in [-0.05, 0) is 6.42 Å². The first-order chi connectivity index (χ1) is 7.98. The van der Waals surface area contributed by atoms with Gasteiger partial charge in [0.1, 0.15) is 0 Å². The van der Waals surface area contributed by atoms with E-state index in [0.717, 1.165) is 12.8 Å². The van der Waals surface area contributed by atoms with Gasteiger partial charge in [0.25, 0.3) is 0 Å². The molecule has 0 saturated heterocycles. The lowest BCUT2D eigenvalue weighted by atomic mass is 10.1. The lowest BCUT2D eigenvalue weighted by Gasteiger charge is -2.12. The second-order valence-electron chi connectivity index (χ2n) is 5.06. The van der Waals surface area contributed by atoms with Gasteiger partial charge in [0.05, 0.1) is 5.66 Å². The van der Waals surface area contributed by atoms with Gasteiger partial charge in [-0.2, -0.15) is 0 Å². The molecule has 104 valence electrons. The van der Waals surface area contributed by atoms with Gasteiger partial charge in [0.2, 0.25) is 0 Å². The van der Waals surface area contributed by atoms with Gasteiger partial charge in [0.15, 0.2) is 0 Å². The van der Waals surface area contributed by atoms with Crippen LogP contribution in [0.15, 0.2) is 0 Å². The van der Waals surface area contributed by atoms with Crippen molar-refractivity contribution in [2.75, 3.05) is 0 Å². The molecule has 0 fully saturated rings. The van der Waals surface area contributed by atoms with Crippen molar-refractivity contribution in [1.29, 1.82) is 0 Å². The molecule has 2 N–H and O–H groups in total. The van der Waals surface area contributed by atoms with E-state index in [1.165, 1.54) is 44.9 Å². The number of rotatable bonds is 11. The highest BCUT2D eigenvalue weighted by atomic mass is 31.2. The van der Waals surface area contributed by atoms with Crippen LogP contribution < -0.4 is 0 Å². The molecule has 0 rings (SSSR count). The molecule has 0 amide bonds. The second kappa shape index (κ2) is 10.1. The molecule has 4 heteroatoms. The lowest BCUT2D eigenvalue weighted by Crippen LogP contribution is -2.02. The molecular weight excluding hydrogens is 235 g/mol. The normalized spacial score (nSPS) is 13.9. The second-order valence-corrected chi connectivity index (χ2v) is 7.11. The Hall–Kier alpha value is 0.150. The maximum Gasteiger partial charge on any atom is 0.328 e. The molecule has 0 aromatic heterocycles. The van der Waals surface area contributed by atoms with E-state index in [-0.39, 0.29) is 0 Å². The average Bonchev–Trinajstić information content (AvgIpc) is 2.25. The van der Waals surface area contributed by atoms with Crippen LogP contribution in [0, 0.1) is 0 Å². The Morgan fingerprint density at radius 2 is 1.29 bits per heavy atom. The van der Waals surface area contributed by atoms with Gasteiger partial charge in [-0.15, -0.1) is 0 Å². The number of hydrogen-bond donors (Lipinski definition) is 2. The van der Waals surface area contributed by atoms with Crippen LogP contribution in [0.2, 0.25) is 0 Å². The molecule has 17 heavy (non-hydrogen) atoms. The molecule has 0 aliphatic carbocycles. The van der Waals surface area contributed by atoms with Gasteiger partial charge < -0.3 is 9.79 Å². The first-order valence-corrected chi connectivity index (χ1v) is 8.72. The number of unbranched alkanes of at least 4 members (excludes halogenated alkanes) is 8. The third kappa shape index (κ3) is 11.0. The van der Waals surface area contributed by atoms with E-state index >= 15 is 0 Å². The average molecular weight is 264 g/mol. The summed E-state index contributed by atoms with van der Waals surface area (Å²) in [5.74, 6) is 0. The fraction of sp³-hybridized carbons (Fsp3) is 1.00. The topological polar surface area (TPSA) is 57.5 Å². The van der Waals surface area contributed by atoms with Crippen LogP contribution in [0.3, 0.4) is 0 Å². The Kier molecular flexibility index (Phi) is 10.2. The Labute approximate surface area is 106 Å². The monoisotopic (exact) mass is 264 g/mol. The lowest BCUT2D eigenvalue weighted by molar-refractivity contribution is 0.355. The van der Waals surface area contributed by atoms with Crippen LogP contribution in [-0.2, 0) is 4.57 Å². The molecular formula is C13H29O3P. The van der Waals surface area contributed by atoms with Crippen LogP contribution in [0.5, 0.6) is 0 Å². The molecule has 3 nitrogen and oxygen atoms in total. The zero-order valence-electron chi connectivity index (χ0n) is 11.4. The van der Waals surface area contributed by atoms with Gasteiger partial charge in [-0.1, -0.05) is 71.6 Å². The Bertz CT molecular complexity index is 213. The first-order valence-electron chi connectivity index (χ1n) is 7.03. The van der Waals surface area contributed by atoms with E-state index in [1.54, 1.807) is 6.92 Å². The van der Waals surface area contributed by atoms with Crippen molar-refractivity contribution in [2.45, 2.75) is 83.7 Å². The minimum Gasteiger partial charge on any atom is -0.324 e. The summed E-state index contributed by atoms with van der Waals surface area (Å²) in [5, 5.41) is 0. The minimum atomic E-state index is -3.83. The highest BCUT2D eigenvalue weighted by Gasteiger charge is 2.22. The molecule has 0 aliphatic heterocycles. The van der Waals surface area contributed by atoms with Gasteiger partial charge in [-0.25, -0.2) is 0 Å².